The zero-order valence-corrected chi connectivity index (χ0v) is 13.0. The van der Waals surface area contributed by atoms with Crippen LogP contribution in [-0.2, 0) is 4.79 Å². The molecule has 104 valence electrons. The minimum absolute atomic E-state index is 0.0283. The molecule has 7 heteroatoms. The Morgan fingerprint density at radius 1 is 1.45 bits per heavy atom. The van der Waals surface area contributed by atoms with Gasteiger partial charge in [-0.05, 0) is 31.5 Å². The van der Waals surface area contributed by atoms with Crippen molar-refractivity contribution >= 4 is 38.3 Å². The van der Waals surface area contributed by atoms with Gasteiger partial charge in [-0.15, -0.1) is 10.2 Å². The van der Waals surface area contributed by atoms with E-state index in [0.29, 0.717) is 5.13 Å². The summed E-state index contributed by atoms with van der Waals surface area (Å²) < 4.78 is 0.992. The minimum Gasteiger partial charge on any atom is -0.306 e. The fourth-order valence-electron chi connectivity index (χ4n) is 2.11. The third-order valence-corrected chi connectivity index (χ3v) is 4.48. The number of aromatic nitrogens is 2. The number of rotatable bonds is 3. The molecule has 1 fully saturated rings. The fraction of sp³-hybridized carbons (Fsp3) is 0.308. The second-order valence-corrected chi connectivity index (χ2v) is 6.45. The normalized spacial score (nSPS) is 18.1. The monoisotopic (exact) mass is 352 g/mol. The Kier molecular flexibility index (Phi) is 4.09. The molecule has 1 atom stereocenters. The maximum atomic E-state index is 12.0. The Balaban J connectivity index is 1.72. The Hall–Kier alpha value is -1.31. The van der Waals surface area contributed by atoms with Crippen molar-refractivity contribution in [3.8, 4) is 10.6 Å². The van der Waals surface area contributed by atoms with Gasteiger partial charge in [-0.1, -0.05) is 39.4 Å². The van der Waals surface area contributed by atoms with Crippen LogP contribution < -0.4 is 10.6 Å². The summed E-state index contributed by atoms with van der Waals surface area (Å²) in [6.45, 7) is 0.900. The Bertz CT molecular complexity index is 624. The lowest BCUT2D eigenvalue weighted by Gasteiger charge is -2.07. The van der Waals surface area contributed by atoms with Gasteiger partial charge in [-0.2, -0.15) is 0 Å². The highest BCUT2D eigenvalue weighted by Gasteiger charge is 2.23. The van der Waals surface area contributed by atoms with Crippen molar-refractivity contribution in [3.63, 3.8) is 0 Å². The first-order valence-electron chi connectivity index (χ1n) is 6.36. The highest BCUT2D eigenvalue weighted by atomic mass is 79.9. The van der Waals surface area contributed by atoms with Gasteiger partial charge in [0, 0.05) is 10.0 Å². The van der Waals surface area contributed by atoms with Crippen molar-refractivity contribution in [2.75, 3.05) is 11.9 Å². The highest BCUT2D eigenvalue weighted by Crippen LogP contribution is 2.28. The first kappa shape index (κ1) is 13.7. The minimum atomic E-state index is -0.104. The lowest BCUT2D eigenvalue weighted by molar-refractivity contribution is -0.117. The molecule has 1 aliphatic rings. The molecule has 1 aliphatic heterocycles. The van der Waals surface area contributed by atoms with Crippen LogP contribution in [0.1, 0.15) is 12.8 Å². The number of nitrogens with one attached hydrogen (secondary N) is 2. The zero-order valence-electron chi connectivity index (χ0n) is 10.6. The third kappa shape index (κ3) is 3.05. The van der Waals surface area contributed by atoms with Crippen LogP contribution in [0, 0.1) is 0 Å². The summed E-state index contributed by atoms with van der Waals surface area (Å²) in [6, 6.07) is 7.74. The number of nitrogens with zero attached hydrogens (tertiary/aromatic N) is 2. The second kappa shape index (κ2) is 5.99. The van der Waals surface area contributed by atoms with Gasteiger partial charge in [0.25, 0.3) is 0 Å². The largest absolute Gasteiger partial charge is 0.306 e. The van der Waals surface area contributed by atoms with E-state index in [0.717, 1.165) is 34.4 Å². The summed E-state index contributed by atoms with van der Waals surface area (Å²) in [5.41, 5.74) is 0.983. The van der Waals surface area contributed by atoms with Gasteiger partial charge in [0.1, 0.15) is 5.01 Å². The molecule has 3 rings (SSSR count). The fourth-order valence-corrected chi connectivity index (χ4v) is 3.25. The van der Waals surface area contributed by atoms with Gasteiger partial charge in [0.05, 0.1) is 6.04 Å². The van der Waals surface area contributed by atoms with Gasteiger partial charge in [-0.25, -0.2) is 0 Å². The van der Waals surface area contributed by atoms with Crippen LogP contribution in [0.5, 0.6) is 0 Å². The second-order valence-electron chi connectivity index (χ2n) is 4.56. The van der Waals surface area contributed by atoms with Crippen molar-refractivity contribution < 1.29 is 4.79 Å². The molecule has 1 aromatic carbocycles. The average molecular weight is 353 g/mol. The molecule has 0 spiro atoms. The van der Waals surface area contributed by atoms with Crippen molar-refractivity contribution in [1.82, 2.24) is 15.5 Å². The van der Waals surface area contributed by atoms with Crippen molar-refractivity contribution in [1.29, 1.82) is 0 Å². The van der Waals surface area contributed by atoms with Crippen LogP contribution >= 0.6 is 27.3 Å². The summed E-state index contributed by atoms with van der Waals surface area (Å²) in [5, 5.41) is 15.5. The van der Waals surface area contributed by atoms with Crippen LogP contribution in [0.25, 0.3) is 10.6 Å². The van der Waals surface area contributed by atoms with Gasteiger partial charge in [0.15, 0.2) is 0 Å². The van der Waals surface area contributed by atoms with E-state index in [1.54, 1.807) is 0 Å². The molecular weight excluding hydrogens is 340 g/mol. The average Bonchev–Trinajstić information content (AvgIpc) is 3.10. The van der Waals surface area contributed by atoms with E-state index in [1.165, 1.54) is 11.3 Å². The number of hydrogen-bond acceptors (Lipinski definition) is 5. The van der Waals surface area contributed by atoms with E-state index in [2.05, 4.69) is 36.8 Å². The molecular formula is C13H13BrN4OS. The Morgan fingerprint density at radius 3 is 3.10 bits per heavy atom. The van der Waals surface area contributed by atoms with E-state index in [4.69, 9.17) is 0 Å². The van der Waals surface area contributed by atoms with E-state index in [-0.39, 0.29) is 11.9 Å². The molecule has 0 saturated carbocycles. The van der Waals surface area contributed by atoms with E-state index in [9.17, 15) is 4.79 Å². The predicted molar refractivity (Wildman–Crippen MR) is 82.7 cm³/mol. The first-order chi connectivity index (χ1) is 9.72. The van der Waals surface area contributed by atoms with Gasteiger partial charge in [-0.3, -0.25) is 10.1 Å². The number of carbonyl (C=O) groups excluding carboxylic acids is 1. The highest BCUT2D eigenvalue weighted by molar-refractivity contribution is 9.10. The van der Waals surface area contributed by atoms with Crippen molar-refractivity contribution in [2.24, 2.45) is 0 Å². The van der Waals surface area contributed by atoms with Gasteiger partial charge in [0.2, 0.25) is 11.0 Å². The molecule has 0 bridgehead atoms. The number of amides is 1. The number of benzene rings is 1. The third-order valence-electron chi connectivity index (χ3n) is 3.10. The summed E-state index contributed by atoms with van der Waals surface area (Å²) in [4.78, 5) is 12.0. The topological polar surface area (TPSA) is 66.9 Å². The summed E-state index contributed by atoms with van der Waals surface area (Å²) in [6.07, 6.45) is 1.92. The first-order valence-corrected chi connectivity index (χ1v) is 7.97. The molecule has 2 aromatic rings. The van der Waals surface area contributed by atoms with Crippen molar-refractivity contribution in [3.05, 3.63) is 28.7 Å². The van der Waals surface area contributed by atoms with Crippen molar-refractivity contribution in [2.45, 2.75) is 18.9 Å². The molecule has 20 heavy (non-hydrogen) atoms. The van der Waals surface area contributed by atoms with Gasteiger partial charge < -0.3 is 5.32 Å². The number of anilines is 1. The zero-order chi connectivity index (χ0) is 13.9. The maximum Gasteiger partial charge on any atom is 0.243 e. The van der Waals surface area contributed by atoms with Gasteiger partial charge >= 0.3 is 0 Å². The molecule has 0 aliphatic carbocycles. The molecule has 5 nitrogen and oxygen atoms in total. The van der Waals surface area contributed by atoms with E-state index in [1.807, 2.05) is 24.3 Å². The maximum absolute atomic E-state index is 12.0. The standard InChI is InChI=1S/C13H13BrN4OS/c14-9-4-1-3-8(7-9)12-17-18-13(20-12)16-11(19)10-5-2-6-15-10/h1,3-4,7,10,15H,2,5-6H2,(H,16,18,19). The molecule has 1 unspecified atom stereocenters. The van der Waals surface area contributed by atoms with Crippen LogP contribution in [0.3, 0.4) is 0 Å². The van der Waals surface area contributed by atoms with Crippen LogP contribution in [0.15, 0.2) is 28.7 Å². The molecule has 1 amide bonds. The smallest absolute Gasteiger partial charge is 0.243 e. The van der Waals surface area contributed by atoms with Crippen LogP contribution in [0.4, 0.5) is 5.13 Å². The molecule has 0 radical (unpaired) electrons. The number of halogens is 1. The SMILES string of the molecule is O=C(Nc1nnc(-c2cccc(Br)c2)s1)C1CCCN1. The lowest BCUT2D eigenvalue weighted by Crippen LogP contribution is -2.35. The summed E-state index contributed by atoms with van der Waals surface area (Å²) in [5.74, 6) is -0.0283. The summed E-state index contributed by atoms with van der Waals surface area (Å²) >= 11 is 4.81. The quantitative estimate of drug-likeness (QED) is 0.890. The molecule has 2 N–H and O–H groups in total. The molecule has 1 saturated heterocycles. The predicted octanol–water partition coefficient (Wildman–Crippen LogP) is 2.66. The lowest BCUT2D eigenvalue weighted by atomic mass is 10.2. The van der Waals surface area contributed by atoms with Crippen LogP contribution in [0.2, 0.25) is 0 Å². The number of hydrogen-bond donors (Lipinski definition) is 2. The Labute approximate surface area is 128 Å². The molecule has 1 aromatic heterocycles. The van der Waals surface area contributed by atoms with Crippen LogP contribution in [-0.4, -0.2) is 28.7 Å². The summed E-state index contributed by atoms with van der Waals surface area (Å²) in [7, 11) is 0. The van der Waals surface area contributed by atoms with E-state index >= 15 is 0 Å². The molecule has 2 heterocycles. The number of carbonyl (C=O) groups is 1. The van der Waals surface area contributed by atoms with E-state index < -0.39 is 0 Å². The Morgan fingerprint density at radius 2 is 2.35 bits per heavy atom.